The summed E-state index contributed by atoms with van der Waals surface area (Å²) in [6.45, 7) is 16.3. The van der Waals surface area contributed by atoms with E-state index < -0.39 is 0 Å². The van der Waals surface area contributed by atoms with Crippen molar-refractivity contribution in [3.8, 4) is 11.3 Å². The Bertz CT molecular complexity index is 1680. The molecule has 0 N–H and O–H groups in total. The van der Waals surface area contributed by atoms with E-state index >= 15 is 0 Å². The zero-order chi connectivity index (χ0) is 25.6. The van der Waals surface area contributed by atoms with E-state index in [-0.39, 0.29) is 10.8 Å². The molecule has 5 aromatic rings. The van der Waals surface area contributed by atoms with Crippen LogP contribution in [-0.4, -0.2) is 0 Å². The summed E-state index contributed by atoms with van der Waals surface area (Å²) in [6, 6.07) is 18.3. The normalized spacial score (nSPS) is 16.8. The zero-order valence-electron chi connectivity index (χ0n) is 23.0. The highest BCUT2D eigenvalue weighted by Gasteiger charge is 2.39. The van der Waals surface area contributed by atoms with Crippen LogP contribution in [0, 0.1) is 6.92 Å². The number of hydrogen-bond acceptors (Lipinski definition) is 1. The highest BCUT2D eigenvalue weighted by Crippen LogP contribution is 2.51. The van der Waals surface area contributed by atoms with Gasteiger partial charge in [-0.15, -0.1) is 0 Å². The lowest BCUT2D eigenvalue weighted by Gasteiger charge is -2.42. The second-order valence-corrected chi connectivity index (χ2v) is 12.6. The number of fused-ring (bicyclic) bond motifs is 6. The van der Waals surface area contributed by atoms with Crippen molar-refractivity contribution in [1.82, 2.24) is 0 Å². The molecular formula is C34H38NO+. The third-order valence-corrected chi connectivity index (χ3v) is 8.86. The fourth-order valence-electron chi connectivity index (χ4n) is 6.54. The van der Waals surface area contributed by atoms with E-state index in [1.165, 1.54) is 67.9 Å². The number of furan rings is 1. The van der Waals surface area contributed by atoms with Crippen molar-refractivity contribution in [2.24, 2.45) is 7.05 Å². The fourth-order valence-corrected chi connectivity index (χ4v) is 6.54. The van der Waals surface area contributed by atoms with Gasteiger partial charge in [-0.25, -0.2) is 4.57 Å². The van der Waals surface area contributed by atoms with Crippen molar-refractivity contribution < 1.29 is 8.98 Å². The molecule has 0 saturated heterocycles. The second kappa shape index (κ2) is 7.68. The van der Waals surface area contributed by atoms with Gasteiger partial charge in [0.05, 0.1) is 10.9 Å². The van der Waals surface area contributed by atoms with Crippen molar-refractivity contribution >= 4 is 32.7 Å². The summed E-state index contributed by atoms with van der Waals surface area (Å²) in [4.78, 5) is 0. The molecule has 0 atom stereocenters. The third-order valence-electron chi connectivity index (χ3n) is 8.86. The van der Waals surface area contributed by atoms with Gasteiger partial charge in [0.25, 0.3) is 0 Å². The molecule has 0 amide bonds. The van der Waals surface area contributed by atoms with Crippen LogP contribution < -0.4 is 4.57 Å². The first kappa shape index (κ1) is 23.3. The molecule has 0 radical (unpaired) electrons. The molecule has 2 aromatic heterocycles. The second-order valence-electron chi connectivity index (χ2n) is 12.6. The SMILES string of the molecule is Cc1ccc2c(oc3ccc4c(c32)C(C)(C)CCC4(C)C)c1-c1c2ccc(C(C)C)cc2cc[n+]1C. The molecule has 3 aromatic carbocycles. The van der Waals surface area contributed by atoms with E-state index in [1.807, 2.05) is 0 Å². The van der Waals surface area contributed by atoms with Gasteiger partial charge in [-0.3, -0.25) is 0 Å². The predicted molar refractivity (Wildman–Crippen MR) is 152 cm³/mol. The van der Waals surface area contributed by atoms with E-state index in [2.05, 4.69) is 115 Å². The number of nitrogens with zero attached hydrogens (tertiary/aromatic N) is 1. The maximum absolute atomic E-state index is 6.80. The quantitative estimate of drug-likeness (QED) is 0.232. The lowest BCUT2D eigenvalue weighted by atomic mass is 9.62. The molecule has 0 aliphatic heterocycles. The first-order chi connectivity index (χ1) is 17.0. The molecule has 0 bridgehead atoms. The largest absolute Gasteiger partial charge is 0.455 e. The number of pyridine rings is 1. The van der Waals surface area contributed by atoms with Gasteiger partial charge in [-0.1, -0.05) is 71.9 Å². The molecule has 2 nitrogen and oxygen atoms in total. The van der Waals surface area contributed by atoms with Crippen molar-refractivity contribution in [3.05, 3.63) is 77.0 Å². The summed E-state index contributed by atoms with van der Waals surface area (Å²) in [5, 5.41) is 5.10. The van der Waals surface area contributed by atoms with Gasteiger partial charge in [0.1, 0.15) is 18.2 Å². The number of aromatic nitrogens is 1. The lowest BCUT2D eigenvalue weighted by molar-refractivity contribution is -0.659. The molecular weight excluding hydrogens is 438 g/mol. The summed E-state index contributed by atoms with van der Waals surface area (Å²) < 4.78 is 9.06. The summed E-state index contributed by atoms with van der Waals surface area (Å²) in [6.07, 6.45) is 4.59. The Morgan fingerprint density at radius 1 is 0.861 bits per heavy atom. The minimum absolute atomic E-state index is 0.115. The Morgan fingerprint density at radius 2 is 1.58 bits per heavy atom. The van der Waals surface area contributed by atoms with Crippen LogP contribution in [0.1, 0.15) is 82.6 Å². The van der Waals surface area contributed by atoms with Crippen molar-refractivity contribution in [3.63, 3.8) is 0 Å². The average molecular weight is 477 g/mol. The first-order valence-corrected chi connectivity index (χ1v) is 13.4. The van der Waals surface area contributed by atoms with Crippen LogP contribution in [-0.2, 0) is 17.9 Å². The van der Waals surface area contributed by atoms with Gasteiger partial charge >= 0.3 is 0 Å². The maximum atomic E-state index is 6.80. The summed E-state index contributed by atoms with van der Waals surface area (Å²) in [5.74, 6) is 0.506. The Labute approximate surface area is 214 Å². The Balaban J connectivity index is 1.73. The van der Waals surface area contributed by atoms with Crippen LogP contribution in [0.2, 0.25) is 0 Å². The first-order valence-electron chi connectivity index (χ1n) is 13.4. The number of benzene rings is 3. The van der Waals surface area contributed by atoms with E-state index in [0.717, 1.165) is 11.2 Å². The van der Waals surface area contributed by atoms with E-state index in [0.29, 0.717) is 5.92 Å². The Morgan fingerprint density at radius 3 is 2.33 bits per heavy atom. The van der Waals surface area contributed by atoms with Crippen LogP contribution in [0.15, 0.2) is 59.1 Å². The number of rotatable bonds is 2. The van der Waals surface area contributed by atoms with Crippen molar-refractivity contribution in [2.75, 3.05) is 0 Å². The minimum Gasteiger partial charge on any atom is -0.455 e. The van der Waals surface area contributed by atoms with Gasteiger partial charge in [-0.05, 0) is 76.3 Å². The topological polar surface area (TPSA) is 17.0 Å². The van der Waals surface area contributed by atoms with Crippen LogP contribution in [0.5, 0.6) is 0 Å². The highest BCUT2D eigenvalue weighted by atomic mass is 16.3. The minimum atomic E-state index is 0.115. The molecule has 6 rings (SSSR count). The summed E-state index contributed by atoms with van der Waals surface area (Å²) >= 11 is 0. The Kier molecular flexibility index (Phi) is 4.97. The monoisotopic (exact) mass is 476 g/mol. The van der Waals surface area contributed by atoms with E-state index in [9.17, 15) is 0 Å². The summed E-state index contributed by atoms with van der Waals surface area (Å²) in [7, 11) is 2.15. The van der Waals surface area contributed by atoms with E-state index in [4.69, 9.17) is 4.42 Å². The molecule has 2 heteroatoms. The molecule has 184 valence electrons. The summed E-state index contributed by atoms with van der Waals surface area (Å²) in [5.41, 5.74) is 10.3. The third kappa shape index (κ3) is 3.26. The number of aryl methyl sites for hydroxylation is 2. The van der Waals surface area contributed by atoms with Crippen molar-refractivity contribution in [1.29, 1.82) is 0 Å². The smallest absolute Gasteiger partial charge is 0.224 e. The van der Waals surface area contributed by atoms with E-state index in [1.54, 1.807) is 0 Å². The Hall–Kier alpha value is -3.13. The van der Waals surface area contributed by atoms with Gasteiger partial charge in [0.15, 0.2) is 6.20 Å². The van der Waals surface area contributed by atoms with Crippen LogP contribution >= 0.6 is 0 Å². The van der Waals surface area contributed by atoms with Gasteiger partial charge in [-0.2, -0.15) is 0 Å². The molecule has 0 unspecified atom stereocenters. The molecule has 36 heavy (non-hydrogen) atoms. The molecule has 0 saturated carbocycles. The average Bonchev–Trinajstić information content (AvgIpc) is 3.20. The maximum Gasteiger partial charge on any atom is 0.224 e. The lowest BCUT2D eigenvalue weighted by Crippen LogP contribution is -2.33. The molecule has 1 aliphatic carbocycles. The predicted octanol–water partition coefficient (Wildman–Crippen LogP) is 9.01. The highest BCUT2D eigenvalue weighted by molar-refractivity contribution is 6.13. The molecule has 2 heterocycles. The van der Waals surface area contributed by atoms with Crippen LogP contribution in [0.25, 0.3) is 44.0 Å². The van der Waals surface area contributed by atoms with Gasteiger partial charge in [0, 0.05) is 16.8 Å². The van der Waals surface area contributed by atoms with Crippen LogP contribution in [0.3, 0.4) is 0 Å². The molecule has 0 spiro atoms. The zero-order valence-corrected chi connectivity index (χ0v) is 23.0. The standard InChI is InChI=1S/C34H38NO/c1-20(2)22-10-12-24-23(19-22)15-18-35(8)31(24)28-21(3)9-11-25-29-27(36-32(25)28)14-13-26-30(29)34(6,7)17-16-33(26,4)5/h9-15,18-20H,16-17H2,1-8H3/q+1. The van der Waals surface area contributed by atoms with Gasteiger partial charge < -0.3 is 4.42 Å². The molecule has 1 aliphatic rings. The fraction of sp³-hybridized carbons (Fsp3) is 0.382. The van der Waals surface area contributed by atoms with Crippen molar-refractivity contribution in [2.45, 2.75) is 78.1 Å². The molecule has 0 fully saturated rings. The van der Waals surface area contributed by atoms with Gasteiger partial charge in [0.2, 0.25) is 5.69 Å². The van der Waals surface area contributed by atoms with Crippen LogP contribution in [0.4, 0.5) is 0 Å². The number of hydrogen-bond donors (Lipinski definition) is 0.